The maximum atomic E-state index is 11.6. The lowest BCUT2D eigenvalue weighted by Crippen LogP contribution is -2.35. The largest absolute Gasteiger partial charge is 0.395 e. The van der Waals surface area contributed by atoms with Crippen LogP contribution in [0.2, 0.25) is 0 Å². The third kappa shape index (κ3) is 1.77. The molecule has 8 heteroatoms. The number of nitrogens with zero attached hydrogens (tertiary/aromatic N) is 1. The van der Waals surface area contributed by atoms with Crippen molar-refractivity contribution in [2.24, 2.45) is 0 Å². The van der Waals surface area contributed by atoms with Gasteiger partial charge in [-0.25, -0.2) is 4.98 Å². The van der Waals surface area contributed by atoms with Crippen LogP contribution in [0, 0.1) is 0 Å². The van der Waals surface area contributed by atoms with Crippen molar-refractivity contribution in [2.75, 3.05) is 6.61 Å². The first-order chi connectivity index (χ1) is 9.13. The maximum absolute atomic E-state index is 11.6. The molecule has 1 saturated heterocycles. The number of hydrogen-bond donors (Lipinski definition) is 6. The molecule has 8 nitrogen and oxygen atoms in total. The van der Waals surface area contributed by atoms with Gasteiger partial charge in [-0.05, 0) is 0 Å². The monoisotopic (exact) mass is 266 g/mol. The predicted octanol–water partition coefficient (Wildman–Crippen LogP) is -2.02. The highest BCUT2D eigenvalue weighted by atomic mass is 16.3. The van der Waals surface area contributed by atoms with E-state index in [4.69, 9.17) is 5.11 Å². The summed E-state index contributed by atoms with van der Waals surface area (Å²) >= 11 is 0. The highest BCUT2D eigenvalue weighted by Gasteiger charge is 2.42. The molecule has 0 radical (unpaired) electrons. The third-order valence-corrected chi connectivity index (χ3v) is 3.53. The van der Waals surface area contributed by atoms with E-state index in [1.807, 2.05) is 0 Å². The summed E-state index contributed by atoms with van der Waals surface area (Å²) in [6.07, 6.45) is 0.711. The number of aromatic nitrogens is 3. The van der Waals surface area contributed by atoms with E-state index in [1.165, 1.54) is 6.33 Å². The molecule has 19 heavy (non-hydrogen) atoms. The lowest BCUT2D eigenvalue weighted by molar-refractivity contribution is 0.0196. The summed E-state index contributed by atoms with van der Waals surface area (Å²) in [5.74, 6) is 0. The zero-order chi connectivity index (χ0) is 13.6. The van der Waals surface area contributed by atoms with Crippen molar-refractivity contribution in [3.8, 4) is 0 Å². The fraction of sp³-hybridized carbons (Fsp3) is 0.455. The number of fused-ring (bicyclic) bond motifs is 1. The molecule has 0 amide bonds. The molecule has 3 heterocycles. The highest BCUT2D eigenvalue weighted by Crippen LogP contribution is 2.30. The van der Waals surface area contributed by atoms with E-state index in [0.717, 1.165) is 0 Å². The number of aliphatic hydroxyl groups excluding tert-OH is 3. The molecule has 1 fully saturated rings. The summed E-state index contributed by atoms with van der Waals surface area (Å²) in [4.78, 5) is 20.9. The van der Waals surface area contributed by atoms with Gasteiger partial charge in [0.25, 0.3) is 5.56 Å². The Labute approximate surface area is 107 Å². The van der Waals surface area contributed by atoms with Gasteiger partial charge in [0.05, 0.1) is 31.1 Å². The van der Waals surface area contributed by atoms with Crippen LogP contribution in [0.15, 0.2) is 17.3 Å². The number of rotatable bonds is 2. The Morgan fingerprint density at radius 1 is 1.26 bits per heavy atom. The van der Waals surface area contributed by atoms with Crippen LogP contribution < -0.4 is 10.9 Å². The zero-order valence-corrected chi connectivity index (χ0v) is 9.87. The molecule has 0 aromatic carbocycles. The van der Waals surface area contributed by atoms with Crippen molar-refractivity contribution >= 4 is 11.0 Å². The molecular formula is C11H14N4O4. The van der Waals surface area contributed by atoms with Gasteiger partial charge in [-0.15, -0.1) is 0 Å². The Morgan fingerprint density at radius 2 is 2.05 bits per heavy atom. The lowest BCUT2D eigenvalue weighted by atomic mass is 10.0. The molecule has 102 valence electrons. The van der Waals surface area contributed by atoms with Crippen LogP contribution in [0.25, 0.3) is 11.0 Å². The van der Waals surface area contributed by atoms with Gasteiger partial charge in [-0.2, -0.15) is 0 Å². The maximum Gasteiger partial charge on any atom is 0.275 e. The van der Waals surface area contributed by atoms with Crippen molar-refractivity contribution in [1.82, 2.24) is 20.3 Å². The van der Waals surface area contributed by atoms with Crippen molar-refractivity contribution in [1.29, 1.82) is 0 Å². The van der Waals surface area contributed by atoms with E-state index >= 15 is 0 Å². The van der Waals surface area contributed by atoms with Crippen molar-refractivity contribution in [3.63, 3.8) is 0 Å². The Morgan fingerprint density at radius 3 is 2.74 bits per heavy atom. The number of H-pyrrole nitrogens is 2. The second-order valence-electron chi connectivity index (χ2n) is 4.61. The molecule has 6 N–H and O–H groups in total. The molecule has 4 atom stereocenters. The summed E-state index contributed by atoms with van der Waals surface area (Å²) in [5.41, 5.74) is 1.03. The van der Waals surface area contributed by atoms with Crippen LogP contribution in [-0.2, 0) is 0 Å². The van der Waals surface area contributed by atoms with E-state index in [9.17, 15) is 15.0 Å². The average molecular weight is 266 g/mol. The zero-order valence-electron chi connectivity index (χ0n) is 9.87. The Kier molecular flexibility index (Phi) is 2.86. The van der Waals surface area contributed by atoms with Crippen LogP contribution in [-0.4, -0.2) is 55.1 Å². The van der Waals surface area contributed by atoms with Crippen LogP contribution in [0.3, 0.4) is 0 Å². The molecule has 0 bridgehead atoms. The summed E-state index contributed by atoms with van der Waals surface area (Å²) in [7, 11) is 0. The van der Waals surface area contributed by atoms with Gasteiger partial charge >= 0.3 is 0 Å². The minimum Gasteiger partial charge on any atom is -0.395 e. The third-order valence-electron chi connectivity index (χ3n) is 3.53. The minimum absolute atomic E-state index is 0.287. The number of aromatic amines is 2. The van der Waals surface area contributed by atoms with Gasteiger partial charge in [0.1, 0.15) is 17.1 Å². The molecule has 1 aliphatic rings. The van der Waals surface area contributed by atoms with Gasteiger partial charge in [0, 0.05) is 11.8 Å². The van der Waals surface area contributed by atoms with Crippen molar-refractivity contribution < 1.29 is 15.3 Å². The van der Waals surface area contributed by atoms with E-state index in [0.29, 0.717) is 16.6 Å². The van der Waals surface area contributed by atoms with Crippen LogP contribution in [0.1, 0.15) is 11.6 Å². The fourth-order valence-corrected chi connectivity index (χ4v) is 2.51. The first-order valence-corrected chi connectivity index (χ1v) is 5.91. The smallest absolute Gasteiger partial charge is 0.275 e. The molecule has 0 aliphatic carbocycles. The van der Waals surface area contributed by atoms with Crippen molar-refractivity contribution in [3.05, 3.63) is 28.4 Å². The second kappa shape index (κ2) is 4.42. The normalized spacial score (nSPS) is 31.1. The number of aliphatic hydroxyl groups is 3. The summed E-state index contributed by atoms with van der Waals surface area (Å²) in [6, 6.07) is -1.19. The van der Waals surface area contributed by atoms with Gasteiger partial charge in [-0.3, -0.25) is 4.79 Å². The molecule has 1 aliphatic heterocycles. The molecule has 2 aromatic rings. The molecule has 0 saturated carbocycles. The molecule has 1 unspecified atom stereocenters. The van der Waals surface area contributed by atoms with Gasteiger partial charge in [-0.1, -0.05) is 0 Å². The SMILES string of the molecule is O=c1[nH]cnc2c([C@@H]3N[C@H](CO)C(O)[C@@H]3O)c[nH]c12. The molecular weight excluding hydrogens is 252 g/mol. The fourth-order valence-electron chi connectivity index (χ4n) is 2.51. The van der Waals surface area contributed by atoms with Gasteiger partial charge in [0.2, 0.25) is 0 Å². The van der Waals surface area contributed by atoms with E-state index in [-0.39, 0.29) is 12.2 Å². The van der Waals surface area contributed by atoms with E-state index in [1.54, 1.807) is 6.20 Å². The summed E-state index contributed by atoms with van der Waals surface area (Å²) in [5, 5.41) is 31.8. The molecule has 2 aromatic heterocycles. The molecule has 0 spiro atoms. The Hall–Kier alpha value is -1.74. The average Bonchev–Trinajstić information content (AvgIpc) is 2.94. The Bertz CT molecular complexity index is 651. The summed E-state index contributed by atoms with van der Waals surface area (Å²) in [6.45, 7) is -0.287. The quantitative estimate of drug-likeness (QED) is 0.371. The molecule has 3 rings (SSSR count). The first kappa shape index (κ1) is 12.3. The van der Waals surface area contributed by atoms with E-state index < -0.39 is 24.3 Å². The van der Waals surface area contributed by atoms with Crippen LogP contribution in [0.5, 0.6) is 0 Å². The number of nitrogens with one attached hydrogen (secondary N) is 3. The Balaban J connectivity index is 2.06. The highest BCUT2D eigenvalue weighted by molar-refractivity contribution is 5.78. The predicted molar refractivity (Wildman–Crippen MR) is 65.5 cm³/mol. The first-order valence-electron chi connectivity index (χ1n) is 5.91. The summed E-state index contributed by atoms with van der Waals surface area (Å²) < 4.78 is 0. The standard InChI is InChI=1S/C11H14N4O4/c16-2-5-9(17)10(18)7(15-5)4-1-12-8-6(4)13-3-14-11(8)19/h1,3,5,7,9-10,12,15-18H,2H2,(H,13,14,19)/t5-,7+,9?,10-/m1/s1. The van der Waals surface area contributed by atoms with Gasteiger partial charge < -0.3 is 30.6 Å². The second-order valence-corrected chi connectivity index (χ2v) is 4.61. The topological polar surface area (TPSA) is 134 Å². The van der Waals surface area contributed by atoms with E-state index in [2.05, 4.69) is 20.3 Å². The van der Waals surface area contributed by atoms with Gasteiger partial charge in [0.15, 0.2) is 0 Å². The van der Waals surface area contributed by atoms with Crippen molar-refractivity contribution in [2.45, 2.75) is 24.3 Å². The number of hydrogen-bond acceptors (Lipinski definition) is 6. The van der Waals surface area contributed by atoms with Crippen LogP contribution in [0.4, 0.5) is 0 Å². The van der Waals surface area contributed by atoms with Crippen LogP contribution >= 0.6 is 0 Å². The minimum atomic E-state index is -1.07. The lowest BCUT2D eigenvalue weighted by Gasteiger charge is -2.14.